The maximum atomic E-state index is 3.69. The average molecular weight is 238 g/mol. The van der Waals surface area contributed by atoms with Gasteiger partial charge in [0.15, 0.2) is 0 Å². The van der Waals surface area contributed by atoms with Gasteiger partial charge in [-0.05, 0) is 29.6 Å². The van der Waals surface area contributed by atoms with E-state index in [9.17, 15) is 0 Å². The van der Waals surface area contributed by atoms with Gasteiger partial charge in [-0.3, -0.25) is 0 Å². The van der Waals surface area contributed by atoms with E-state index in [0.717, 1.165) is 5.92 Å². The minimum Gasteiger partial charge on any atom is -0.103 e. The van der Waals surface area contributed by atoms with Gasteiger partial charge in [-0.15, -0.1) is 6.58 Å². The fourth-order valence-corrected chi connectivity index (χ4v) is 1.80. The first-order valence-electron chi connectivity index (χ1n) is 3.48. The van der Waals surface area contributed by atoms with Crippen molar-refractivity contribution in [1.82, 2.24) is 0 Å². The van der Waals surface area contributed by atoms with Gasteiger partial charge in [-0.2, -0.15) is 0 Å². The monoisotopic (exact) mass is 238 g/mol. The molecule has 0 spiro atoms. The maximum Gasteiger partial charge on any atom is -0.000219 e. The molecule has 0 unspecified atom stereocenters. The highest BCUT2D eigenvalue weighted by atomic mass is 127. The molecule has 1 heteroatoms. The highest BCUT2D eigenvalue weighted by molar-refractivity contribution is 14.1. The zero-order valence-electron chi connectivity index (χ0n) is 6.07. The Hall–Kier alpha value is 0.470. The third kappa shape index (κ3) is 6.35. The number of rotatable bonds is 5. The van der Waals surface area contributed by atoms with Gasteiger partial charge in [0, 0.05) is 0 Å². The molecule has 0 heterocycles. The van der Waals surface area contributed by atoms with Crippen LogP contribution < -0.4 is 0 Å². The Morgan fingerprint density at radius 2 is 2.22 bits per heavy atom. The fourth-order valence-electron chi connectivity index (χ4n) is 0.733. The molecule has 0 fully saturated rings. The molecule has 0 aromatic heterocycles. The molecule has 0 saturated carbocycles. The average Bonchev–Trinajstić information content (AvgIpc) is 1.85. The van der Waals surface area contributed by atoms with Crippen LogP contribution in [0.25, 0.3) is 0 Å². The SMILES string of the molecule is C=CCC[C@@H](C)CCI. The summed E-state index contributed by atoms with van der Waals surface area (Å²) in [5, 5.41) is 0. The molecule has 0 radical (unpaired) electrons. The predicted octanol–water partition coefficient (Wildman–Crippen LogP) is 3.41. The Labute approximate surface area is 71.9 Å². The van der Waals surface area contributed by atoms with E-state index in [2.05, 4.69) is 36.1 Å². The summed E-state index contributed by atoms with van der Waals surface area (Å²) >= 11 is 2.43. The largest absolute Gasteiger partial charge is 0.103 e. The number of hydrogen-bond acceptors (Lipinski definition) is 0. The first-order valence-corrected chi connectivity index (χ1v) is 5.00. The molecule has 54 valence electrons. The minimum absolute atomic E-state index is 0.889. The van der Waals surface area contributed by atoms with Gasteiger partial charge in [0.1, 0.15) is 0 Å². The number of hydrogen-bond donors (Lipinski definition) is 0. The third-order valence-electron chi connectivity index (χ3n) is 1.47. The summed E-state index contributed by atoms with van der Waals surface area (Å²) in [4.78, 5) is 0. The normalized spacial score (nSPS) is 13.1. The van der Waals surface area contributed by atoms with Crippen molar-refractivity contribution in [2.45, 2.75) is 26.2 Å². The summed E-state index contributed by atoms with van der Waals surface area (Å²) in [6, 6.07) is 0. The van der Waals surface area contributed by atoms with Crippen LogP contribution in [0.4, 0.5) is 0 Å². The molecule has 1 atom stereocenters. The van der Waals surface area contributed by atoms with E-state index >= 15 is 0 Å². The van der Waals surface area contributed by atoms with Crippen LogP contribution in [-0.4, -0.2) is 4.43 Å². The summed E-state index contributed by atoms with van der Waals surface area (Å²) in [6.07, 6.45) is 5.85. The quantitative estimate of drug-likeness (QED) is 0.391. The van der Waals surface area contributed by atoms with Crippen LogP contribution in [-0.2, 0) is 0 Å². The second-order valence-electron chi connectivity index (χ2n) is 2.45. The highest BCUT2D eigenvalue weighted by Gasteiger charge is 1.97. The Bertz CT molecular complexity index is 69.0. The Kier molecular flexibility index (Phi) is 6.93. The standard InChI is InChI=1S/C8H15I/c1-3-4-5-8(2)6-7-9/h3,8H,1,4-7H2,2H3/t8-/m1/s1. The van der Waals surface area contributed by atoms with E-state index in [1.54, 1.807) is 0 Å². The van der Waals surface area contributed by atoms with Crippen LogP contribution in [0, 0.1) is 5.92 Å². The highest BCUT2D eigenvalue weighted by Crippen LogP contribution is 2.11. The first kappa shape index (κ1) is 9.47. The van der Waals surface area contributed by atoms with Crippen molar-refractivity contribution in [2.75, 3.05) is 4.43 Å². The summed E-state index contributed by atoms with van der Waals surface area (Å²) in [7, 11) is 0. The summed E-state index contributed by atoms with van der Waals surface area (Å²) in [5.74, 6) is 0.889. The van der Waals surface area contributed by atoms with Crippen molar-refractivity contribution in [1.29, 1.82) is 0 Å². The van der Waals surface area contributed by atoms with E-state index in [-0.39, 0.29) is 0 Å². The number of allylic oxidation sites excluding steroid dienone is 1. The molecule has 0 amide bonds. The van der Waals surface area contributed by atoms with Crippen LogP contribution in [0.3, 0.4) is 0 Å². The lowest BCUT2D eigenvalue weighted by Gasteiger charge is -2.05. The van der Waals surface area contributed by atoms with Crippen molar-refractivity contribution in [3.8, 4) is 0 Å². The smallest absolute Gasteiger partial charge is 0.000219 e. The summed E-state index contributed by atoms with van der Waals surface area (Å²) < 4.78 is 1.29. The Morgan fingerprint density at radius 1 is 1.56 bits per heavy atom. The van der Waals surface area contributed by atoms with E-state index in [0.29, 0.717) is 0 Å². The topological polar surface area (TPSA) is 0 Å². The number of alkyl halides is 1. The number of halogens is 1. The van der Waals surface area contributed by atoms with Gasteiger partial charge in [0.2, 0.25) is 0 Å². The molecule has 0 rings (SSSR count). The van der Waals surface area contributed by atoms with E-state index in [1.165, 1.54) is 23.7 Å². The van der Waals surface area contributed by atoms with Crippen molar-refractivity contribution in [3.05, 3.63) is 12.7 Å². The van der Waals surface area contributed by atoms with Crippen molar-refractivity contribution in [3.63, 3.8) is 0 Å². The lowest BCUT2D eigenvalue weighted by molar-refractivity contribution is 0.529. The molecule has 9 heavy (non-hydrogen) atoms. The molecule has 0 aromatic rings. The van der Waals surface area contributed by atoms with Gasteiger partial charge in [-0.1, -0.05) is 35.6 Å². The third-order valence-corrected chi connectivity index (χ3v) is 2.09. The van der Waals surface area contributed by atoms with Crippen LogP contribution in [0.5, 0.6) is 0 Å². The van der Waals surface area contributed by atoms with Gasteiger partial charge in [0.05, 0.1) is 0 Å². The predicted molar refractivity (Wildman–Crippen MR) is 52.1 cm³/mol. The molecule has 0 aliphatic heterocycles. The molecule has 0 aliphatic carbocycles. The zero-order valence-corrected chi connectivity index (χ0v) is 8.23. The fraction of sp³-hybridized carbons (Fsp3) is 0.750. The van der Waals surface area contributed by atoms with E-state index < -0.39 is 0 Å². The molecule has 0 nitrogen and oxygen atoms in total. The second kappa shape index (κ2) is 6.59. The molecular weight excluding hydrogens is 223 g/mol. The molecule has 0 bridgehead atoms. The molecule has 0 saturated heterocycles. The van der Waals surface area contributed by atoms with Crippen molar-refractivity contribution >= 4 is 22.6 Å². The first-order chi connectivity index (χ1) is 4.31. The van der Waals surface area contributed by atoms with Gasteiger partial charge < -0.3 is 0 Å². The van der Waals surface area contributed by atoms with E-state index in [1.807, 2.05) is 6.08 Å². The molecular formula is C8H15I. The summed E-state index contributed by atoms with van der Waals surface area (Å²) in [5.41, 5.74) is 0. The summed E-state index contributed by atoms with van der Waals surface area (Å²) in [6.45, 7) is 6.00. The van der Waals surface area contributed by atoms with Crippen LogP contribution >= 0.6 is 22.6 Å². The second-order valence-corrected chi connectivity index (χ2v) is 3.53. The van der Waals surface area contributed by atoms with Crippen molar-refractivity contribution < 1.29 is 0 Å². The molecule has 0 aliphatic rings. The zero-order chi connectivity index (χ0) is 7.11. The molecule has 0 aromatic carbocycles. The lowest BCUT2D eigenvalue weighted by Crippen LogP contribution is -1.93. The minimum atomic E-state index is 0.889. The van der Waals surface area contributed by atoms with Crippen LogP contribution in [0.2, 0.25) is 0 Å². The Morgan fingerprint density at radius 3 is 2.67 bits per heavy atom. The van der Waals surface area contributed by atoms with Gasteiger partial charge >= 0.3 is 0 Å². The van der Waals surface area contributed by atoms with Crippen LogP contribution in [0.15, 0.2) is 12.7 Å². The lowest BCUT2D eigenvalue weighted by atomic mass is 10.0. The van der Waals surface area contributed by atoms with Crippen molar-refractivity contribution in [2.24, 2.45) is 5.92 Å². The van der Waals surface area contributed by atoms with E-state index in [4.69, 9.17) is 0 Å². The maximum absolute atomic E-state index is 3.69. The van der Waals surface area contributed by atoms with Crippen LogP contribution in [0.1, 0.15) is 26.2 Å². The van der Waals surface area contributed by atoms with Gasteiger partial charge in [-0.25, -0.2) is 0 Å². The van der Waals surface area contributed by atoms with Gasteiger partial charge in [0.25, 0.3) is 0 Å². The molecule has 0 N–H and O–H groups in total. The Balaban J connectivity index is 3.04.